The number of thiazole rings is 1. The molecule has 7 nitrogen and oxygen atoms in total. The first-order valence-corrected chi connectivity index (χ1v) is 6.41. The highest BCUT2D eigenvalue weighted by Crippen LogP contribution is 2.16. The van der Waals surface area contributed by atoms with Crippen LogP contribution in [0.5, 0.6) is 0 Å². The lowest BCUT2D eigenvalue weighted by Gasteiger charge is -2.16. The average molecular weight is 278 g/mol. The van der Waals surface area contributed by atoms with Gasteiger partial charge in [-0.05, 0) is 13.0 Å². The normalized spacial score (nSPS) is 11.6. The zero-order valence-electron chi connectivity index (χ0n) is 10.6. The summed E-state index contributed by atoms with van der Waals surface area (Å²) in [6.07, 6.45) is 1.58. The Bertz CT molecular complexity index is 596. The molecule has 2 rings (SSSR count). The Morgan fingerprint density at radius 1 is 1.53 bits per heavy atom. The maximum absolute atomic E-state index is 8.64. The van der Waals surface area contributed by atoms with Crippen molar-refractivity contribution in [2.75, 3.05) is 11.9 Å². The van der Waals surface area contributed by atoms with Crippen molar-refractivity contribution in [3.05, 3.63) is 34.0 Å². The van der Waals surface area contributed by atoms with Crippen molar-refractivity contribution < 1.29 is 5.21 Å². The molecule has 0 aromatic carbocycles. The quantitative estimate of drug-likeness (QED) is 0.374. The van der Waals surface area contributed by atoms with Crippen LogP contribution in [0.25, 0.3) is 0 Å². The van der Waals surface area contributed by atoms with Crippen LogP contribution < -0.4 is 10.6 Å². The van der Waals surface area contributed by atoms with E-state index in [0.717, 1.165) is 10.6 Å². The number of nitrogens with two attached hydrogens (primary N) is 1. The summed E-state index contributed by atoms with van der Waals surface area (Å²) in [5.74, 6) is 0.475. The number of nitrogens with zero attached hydrogens (tertiary/aromatic N) is 5. The van der Waals surface area contributed by atoms with Gasteiger partial charge in [0.05, 0.1) is 17.7 Å². The summed E-state index contributed by atoms with van der Waals surface area (Å²) >= 11 is 1.59. The SMILES string of the molecule is Cc1ncsc1CN(C)c1nccc(/C(N)=N/O)n1. The summed E-state index contributed by atoms with van der Waals surface area (Å²) < 4.78 is 0. The topological polar surface area (TPSA) is 101 Å². The predicted molar refractivity (Wildman–Crippen MR) is 73.5 cm³/mol. The zero-order valence-corrected chi connectivity index (χ0v) is 11.4. The number of aryl methyl sites for hydroxylation is 1. The second-order valence-electron chi connectivity index (χ2n) is 3.94. The van der Waals surface area contributed by atoms with Crippen LogP contribution in [-0.4, -0.2) is 33.0 Å². The molecule has 0 radical (unpaired) electrons. The maximum atomic E-state index is 8.64. The minimum absolute atomic E-state index is 0.0361. The second kappa shape index (κ2) is 5.61. The standard InChI is InChI=1S/C11H14N6OS/c1-7-9(19-6-14-7)5-17(2)11-13-4-3-8(15-11)10(12)16-18/h3-4,6,18H,5H2,1-2H3,(H2,12,16). The molecule has 0 fully saturated rings. The second-order valence-corrected chi connectivity index (χ2v) is 4.88. The molecule has 2 aromatic rings. The molecule has 0 atom stereocenters. The number of aromatic nitrogens is 3. The summed E-state index contributed by atoms with van der Waals surface area (Å²) in [4.78, 5) is 15.6. The van der Waals surface area contributed by atoms with Gasteiger partial charge >= 0.3 is 0 Å². The fourth-order valence-corrected chi connectivity index (χ4v) is 2.32. The number of hydrogen-bond donors (Lipinski definition) is 2. The summed E-state index contributed by atoms with van der Waals surface area (Å²) in [5, 5.41) is 11.6. The van der Waals surface area contributed by atoms with Crippen molar-refractivity contribution >= 4 is 23.1 Å². The van der Waals surface area contributed by atoms with Crippen molar-refractivity contribution in [3.8, 4) is 0 Å². The van der Waals surface area contributed by atoms with E-state index in [1.54, 1.807) is 23.6 Å². The average Bonchev–Trinajstić information content (AvgIpc) is 2.83. The molecule has 19 heavy (non-hydrogen) atoms. The van der Waals surface area contributed by atoms with E-state index >= 15 is 0 Å². The molecule has 0 aliphatic heterocycles. The van der Waals surface area contributed by atoms with Crippen LogP contribution in [0.4, 0.5) is 5.95 Å². The highest BCUT2D eigenvalue weighted by molar-refractivity contribution is 7.09. The molecule has 0 saturated heterocycles. The molecule has 0 bridgehead atoms. The van der Waals surface area contributed by atoms with E-state index < -0.39 is 0 Å². The number of oxime groups is 1. The largest absolute Gasteiger partial charge is 0.409 e. The molecule has 2 heterocycles. The highest BCUT2D eigenvalue weighted by atomic mass is 32.1. The molecule has 100 valence electrons. The first-order chi connectivity index (χ1) is 9.11. The van der Waals surface area contributed by atoms with E-state index in [0.29, 0.717) is 18.2 Å². The molecule has 8 heteroatoms. The molecular formula is C11H14N6OS. The Morgan fingerprint density at radius 3 is 2.95 bits per heavy atom. The Morgan fingerprint density at radius 2 is 2.32 bits per heavy atom. The first kappa shape index (κ1) is 13.2. The molecule has 0 spiro atoms. The summed E-state index contributed by atoms with van der Waals surface area (Å²) in [5.41, 5.74) is 8.71. The Balaban J connectivity index is 2.20. The van der Waals surface area contributed by atoms with Gasteiger partial charge in [0.1, 0.15) is 5.69 Å². The van der Waals surface area contributed by atoms with Crippen LogP contribution in [0.3, 0.4) is 0 Å². The lowest BCUT2D eigenvalue weighted by atomic mass is 10.3. The lowest BCUT2D eigenvalue weighted by molar-refractivity contribution is 0.318. The van der Waals surface area contributed by atoms with Crippen LogP contribution in [0.2, 0.25) is 0 Å². The zero-order chi connectivity index (χ0) is 13.8. The van der Waals surface area contributed by atoms with Gasteiger partial charge in [-0.25, -0.2) is 15.0 Å². The van der Waals surface area contributed by atoms with Gasteiger partial charge in [-0.1, -0.05) is 5.16 Å². The Kier molecular flexibility index (Phi) is 3.91. The predicted octanol–water partition coefficient (Wildman–Crippen LogP) is 0.972. The van der Waals surface area contributed by atoms with E-state index in [2.05, 4.69) is 20.1 Å². The molecule has 0 aliphatic rings. The molecular weight excluding hydrogens is 264 g/mol. The van der Waals surface area contributed by atoms with Gasteiger partial charge in [0.2, 0.25) is 5.95 Å². The fourth-order valence-electron chi connectivity index (χ4n) is 1.49. The Hall–Kier alpha value is -2.22. The van der Waals surface area contributed by atoms with Gasteiger partial charge in [-0.2, -0.15) is 0 Å². The van der Waals surface area contributed by atoms with Crippen LogP contribution in [0.1, 0.15) is 16.3 Å². The van der Waals surface area contributed by atoms with E-state index in [1.807, 2.05) is 24.4 Å². The van der Waals surface area contributed by atoms with Gasteiger partial charge in [0.15, 0.2) is 5.84 Å². The van der Waals surface area contributed by atoms with Gasteiger partial charge < -0.3 is 15.8 Å². The van der Waals surface area contributed by atoms with Crippen LogP contribution in [0, 0.1) is 6.92 Å². The van der Waals surface area contributed by atoms with Gasteiger partial charge in [-0.3, -0.25) is 0 Å². The van der Waals surface area contributed by atoms with E-state index in [9.17, 15) is 0 Å². The maximum Gasteiger partial charge on any atom is 0.226 e. The number of hydrogen-bond acceptors (Lipinski definition) is 7. The van der Waals surface area contributed by atoms with Gasteiger partial charge in [-0.15, -0.1) is 11.3 Å². The third-order valence-corrected chi connectivity index (χ3v) is 3.50. The minimum Gasteiger partial charge on any atom is -0.409 e. The van der Waals surface area contributed by atoms with E-state index in [-0.39, 0.29) is 5.84 Å². The number of amidine groups is 1. The van der Waals surface area contributed by atoms with E-state index in [1.165, 1.54) is 0 Å². The highest BCUT2D eigenvalue weighted by Gasteiger charge is 2.10. The van der Waals surface area contributed by atoms with Crippen molar-refractivity contribution in [3.63, 3.8) is 0 Å². The Labute approximate surface area is 114 Å². The van der Waals surface area contributed by atoms with Crippen molar-refractivity contribution in [2.24, 2.45) is 10.9 Å². The van der Waals surface area contributed by atoms with Crippen molar-refractivity contribution in [1.29, 1.82) is 0 Å². The lowest BCUT2D eigenvalue weighted by Crippen LogP contribution is -2.22. The molecule has 0 saturated carbocycles. The van der Waals surface area contributed by atoms with Gasteiger partial charge in [0.25, 0.3) is 0 Å². The molecule has 0 unspecified atom stereocenters. The summed E-state index contributed by atoms with van der Waals surface area (Å²) in [7, 11) is 1.88. The number of rotatable bonds is 4. The van der Waals surface area contributed by atoms with Crippen LogP contribution in [0.15, 0.2) is 22.9 Å². The molecule has 3 N–H and O–H groups in total. The molecule has 0 amide bonds. The van der Waals surface area contributed by atoms with E-state index in [4.69, 9.17) is 10.9 Å². The third kappa shape index (κ3) is 2.97. The van der Waals surface area contributed by atoms with Crippen LogP contribution >= 0.6 is 11.3 Å². The number of anilines is 1. The molecule has 2 aromatic heterocycles. The third-order valence-electron chi connectivity index (χ3n) is 2.58. The minimum atomic E-state index is -0.0361. The smallest absolute Gasteiger partial charge is 0.226 e. The van der Waals surface area contributed by atoms with Crippen molar-refractivity contribution in [1.82, 2.24) is 15.0 Å². The van der Waals surface area contributed by atoms with Crippen molar-refractivity contribution in [2.45, 2.75) is 13.5 Å². The molecule has 0 aliphatic carbocycles. The first-order valence-electron chi connectivity index (χ1n) is 5.53. The van der Waals surface area contributed by atoms with Gasteiger partial charge in [0, 0.05) is 18.1 Å². The fraction of sp³-hybridized carbons (Fsp3) is 0.273. The van der Waals surface area contributed by atoms with Crippen LogP contribution in [-0.2, 0) is 6.54 Å². The monoisotopic (exact) mass is 278 g/mol. The summed E-state index contributed by atoms with van der Waals surface area (Å²) in [6.45, 7) is 2.63. The summed E-state index contributed by atoms with van der Waals surface area (Å²) in [6, 6.07) is 1.59.